The molecule has 5 nitrogen and oxygen atoms in total. The molecule has 0 rings (SSSR count). The number of nitrogens with zero attached hydrogens (tertiary/aromatic N) is 1. The minimum Gasteiger partial charge on any atom is -0.450 e. The Hall–Kier alpha value is -1.68. The molecule has 0 saturated carbocycles. The van der Waals surface area contributed by atoms with E-state index in [2.05, 4.69) is 5.04 Å². The van der Waals surface area contributed by atoms with E-state index in [0.717, 1.165) is 0 Å². The Kier molecular flexibility index (Phi) is 7.08. The van der Waals surface area contributed by atoms with Gasteiger partial charge in [0.1, 0.15) is 0 Å². The molecule has 0 fully saturated rings. The van der Waals surface area contributed by atoms with E-state index in [4.69, 9.17) is 15.0 Å². The molecular weight excluding hydrogens is 240 g/mol. The summed E-state index contributed by atoms with van der Waals surface area (Å²) < 4.78 is 67.1. The first kappa shape index (κ1) is 15.8. The molecule has 0 bridgehead atoms. The van der Waals surface area contributed by atoms with E-state index in [1.165, 1.54) is 5.16 Å². The first-order chi connectivity index (χ1) is 6.62. The summed E-state index contributed by atoms with van der Waals surface area (Å²) in [5.41, 5.74) is -2.60. The number of halogens is 6. The molecule has 90 valence electrons. The first-order valence-electron chi connectivity index (χ1n) is 2.75. The molecule has 0 spiro atoms. The van der Waals surface area contributed by atoms with Crippen molar-refractivity contribution in [1.82, 2.24) is 0 Å². The van der Waals surface area contributed by atoms with E-state index in [0.29, 0.717) is 0 Å². The molecule has 0 atom stereocenters. The highest BCUT2D eigenvalue weighted by Gasteiger charge is 2.43. The number of alkyl halides is 5. The van der Waals surface area contributed by atoms with Crippen LogP contribution in [0.5, 0.6) is 0 Å². The topological polar surface area (TPSA) is 79.1 Å². The lowest BCUT2D eigenvalue weighted by Crippen LogP contribution is -2.29. The van der Waals surface area contributed by atoms with Crippen molar-refractivity contribution in [1.29, 1.82) is 0 Å². The van der Waals surface area contributed by atoms with Crippen molar-refractivity contribution < 1.29 is 46.5 Å². The largest absolute Gasteiger partial charge is 0.503 e. The average molecular weight is 243 g/mol. The van der Waals surface area contributed by atoms with E-state index in [1.54, 1.807) is 0 Å². The van der Waals surface area contributed by atoms with Crippen LogP contribution in [-0.2, 0) is 5.04 Å². The van der Waals surface area contributed by atoms with Gasteiger partial charge >= 0.3 is 12.3 Å². The zero-order valence-electron chi connectivity index (χ0n) is 6.50. The Morgan fingerprint density at radius 1 is 1.27 bits per heavy atom. The van der Waals surface area contributed by atoms with E-state index in [-0.39, 0.29) is 0 Å². The van der Waals surface area contributed by atoms with Crippen molar-refractivity contribution in [3.05, 3.63) is 0 Å². The summed E-state index contributed by atoms with van der Waals surface area (Å²) in [5.74, 6) is 0. The molecule has 0 amide bonds. The molecule has 0 aliphatic carbocycles. The van der Waals surface area contributed by atoms with Crippen LogP contribution in [0.1, 0.15) is 0 Å². The number of carboxylic acid groups (broad SMARTS) is 2. The summed E-state index contributed by atoms with van der Waals surface area (Å²) in [6.45, 7) is 0. The Labute approximate surface area is 77.4 Å². The molecule has 0 heterocycles. The Bertz CT molecular complexity index is 222. The monoisotopic (exact) mass is 243 g/mol. The van der Waals surface area contributed by atoms with Crippen molar-refractivity contribution in [3.8, 4) is 0 Å². The fourth-order valence-electron chi connectivity index (χ4n) is 0.252. The maximum atomic E-state index is 11.3. The standard InChI is InChI=1S/C3HF6NO.CH2O3/c4-2(5)1(10-11-9)3(6,7)8;2-1(3)4/h2H;(H2,2,3,4). The van der Waals surface area contributed by atoms with Crippen molar-refractivity contribution in [2.45, 2.75) is 12.6 Å². The van der Waals surface area contributed by atoms with Crippen molar-refractivity contribution in [2.24, 2.45) is 5.16 Å². The third-order valence-corrected chi connectivity index (χ3v) is 0.630. The van der Waals surface area contributed by atoms with Gasteiger partial charge in [0.25, 0.3) is 6.43 Å². The zero-order chi connectivity index (χ0) is 12.6. The molecule has 2 N–H and O–H groups in total. The second kappa shape index (κ2) is 6.73. The molecule has 0 aliphatic rings. The van der Waals surface area contributed by atoms with E-state index < -0.39 is 24.5 Å². The molecule has 0 aromatic heterocycles. The number of carbonyl (C=O) groups is 1. The minimum atomic E-state index is -5.37. The molecule has 11 heteroatoms. The molecular formula is C4H3F6NO4. The molecule has 0 saturated heterocycles. The van der Waals surface area contributed by atoms with E-state index in [9.17, 15) is 26.5 Å². The summed E-state index contributed by atoms with van der Waals surface area (Å²) in [7, 11) is 0. The number of oxime groups is 1. The van der Waals surface area contributed by atoms with Gasteiger partial charge in [0, 0.05) is 4.53 Å². The average Bonchev–Trinajstić information content (AvgIpc) is 1.95. The van der Waals surface area contributed by atoms with Crippen LogP contribution in [0.3, 0.4) is 0 Å². The van der Waals surface area contributed by atoms with Crippen LogP contribution in [0, 0.1) is 0 Å². The SMILES string of the molecule is FON=C(C(F)F)C(F)(F)F.O=C(O)O. The van der Waals surface area contributed by atoms with Gasteiger partial charge in [-0.25, -0.2) is 13.6 Å². The first-order valence-corrected chi connectivity index (χ1v) is 2.75. The van der Waals surface area contributed by atoms with Crippen LogP contribution >= 0.6 is 0 Å². The normalized spacial score (nSPS) is 11.8. The summed E-state index contributed by atoms with van der Waals surface area (Å²) in [5, 5.41) is 17.5. The molecule has 15 heavy (non-hydrogen) atoms. The zero-order valence-corrected chi connectivity index (χ0v) is 6.50. The van der Waals surface area contributed by atoms with Crippen molar-refractivity contribution >= 4 is 11.9 Å². The van der Waals surface area contributed by atoms with Crippen LogP contribution in [0.4, 0.5) is 31.3 Å². The fraction of sp³-hybridized carbons (Fsp3) is 0.500. The molecule has 0 aliphatic heterocycles. The van der Waals surface area contributed by atoms with Gasteiger partial charge in [-0.15, -0.1) is 0 Å². The predicted octanol–water partition coefficient (Wildman–Crippen LogP) is 2.29. The molecule has 0 radical (unpaired) electrons. The number of rotatable bonds is 2. The summed E-state index contributed by atoms with van der Waals surface area (Å²) >= 11 is 0. The number of hydrogen-bond acceptors (Lipinski definition) is 3. The summed E-state index contributed by atoms with van der Waals surface area (Å²) in [6, 6.07) is 0. The van der Waals surface area contributed by atoms with E-state index >= 15 is 0 Å². The smallest absolute Gasteiger partial charge is 0.450 e. The second-order valence-corrected chi connectivity index (χ2v) is 1.63. The van der Waals surface area contributed by atoms with Gasteiger partial charge in [0.05, 0.1) is 0 Å². The predicted molar refractivity (Wildman–Crippen MR) is 32.3 cm³/mol. The third-order valence-electron chi connectivity index (χ3n) is 0.630. The van der Waals surface area contributed by atoms with Crippen molar-refractivity contribution in [2.75, 3.05) is 0 Å². The maximum Gasteiger partial charge on any atom is 0.503 e. The van der Waals surface area contributed by atoms with Gasteiger partial charge in [-0.3, -0.25) is 0 Å². The Morgan fingerprint density at radius 2 is 1.60 bits per heavy atom. The lowest BCUT2D eigenvalue weighted by Gasteiger charge is -2.05. The van der Waals surface area contributed by atoms with Gasteiger partial charge in [0.2, 0.25) is 5.71 Å². The highest BCUT2D eigenvalue weighted by molar-refractivity contribution is 5.91. The minimum absolute atomic E-state index is 1.47. The van der Waals surface area contributed by atoms with Gasteiger partial charge < -0.3 is 10.2 Å². The molecule has 0 unspecified atom stereocenters. The van der Waals surface area contributed by atoms with Crippen LogP contribution in [0.25, 0.3) is 0 Å². The van der Waals surface area contributed by atoms with Crippen LogP contribution < -0.4 is 0 Å². The van der Waals surface area contributed by atoms with Crippen LogP contribution in [0.15, 0.2) is 5.16 Å². The van der Waals surface area contributed by atoms with Crippen molar-refractivity contribution in [3.63, 3.8) is 0 Å². The Balaban J connectivity index is 0. The maximum absolute atomic E-state index is 11.3. The lowest BCUT2D eigenvalue weighted by molar-refractivity contribution is -0.141. The fourth-order valence-corrected chi connectivity index (χ4v) is 0.252. The number of hydrogen-bond donors (Lipinski definition) is 2. The van der Waals surface area contributed by atoms with Crippen LogP contribution in [-0.4, -0.2) is 34.7 Å². The molecule has 0 aromatic carbocycles. The summed E-state index contributed by atoms with van der Waals surface area (Å²) in [6.07, 6.45) is -11.1. The second-order valence-electron chi connectivity index (χ2n) is 1.63. The Morgan fingerprint density at radius 3 is 1.67 bits per heavy atom. The van der Waals surface area contributed by atoms with E-state index in [1.807, 2.05) is 0 Å². The van der Waals surface area contributed by atoms with Gasteiger partial charge in [0.15, 0.2) is 0 Å². The van der Waals surface area contributed by atoms with Gasteiger partial charge in [-0.2, -0.15) is 18.2 Å². The van der Waals surface area contributed by atoms with Gasteiger partial charge in [-0.05, 0) is 5.16 Å². The highest BCUT2D eigenvalue weighted by Crippen LogP contribution is 2.21. The quantitative estimate of drug-likeness (QED) is 0.443. The van der Waals surface area contributed by atoms with Gasteiger partial charge in [-0.1, -0.05) is 0 Å². The van der Waals surface area contributed by atoms with Crippen LogP contribution in [0.2, 0.25) is 0 Å². The third kappa shape index (κ3) is 10.2. The summed E-state index contributed by atoms with van der Waals surface area (Å²) in [4.78, 5) is 8.56. The lowest BCUT2D eigenvalue weighted by atomic mass is 10.4. The highest BCUT2D eigenvalue weighted by atomic mass is 19.4. The molecule has 0 aromatic rings.